The molecule has 1 fully saturated rings. The molecule has 2 heterocycles. The molecule has 98 valence electrons. The number of carbonyl (C=O) groups excluding carboxylic acids is 1. The average molecular weight is 249 g/mol. The van der Waals surface area contributed by atoms with Gasteiger partial charge in [0, 0.05) is 5.56 Å². The van der Waals surface area contributed by atoms with Crippen LogP contribution in [0.25, 0.3) is 0 Å². The van der Waals surface area contributed by atoms with Crippen molar-refractivity contribution in [2.24, 2.45) is 0 Å². The molecule has 0 atom stereocenters. The number of anilines is 1. The molecule has 0 saturated carbocycles. The number of hydrogen-bond donors (Lipinski definition) is 1. The van der Waals surface area contributed by atoms with E-state index in [0.29, 0.717) is 13.2 Å². The Morgan fingerprint density at radius 3 is 2.56 bits per heavy atom. The lowest BCUT2D eigenvalue weighted by atomic mass is 10.0. The Labute approximate surface area is 107 Å². The van der Waals surface area contributed by atoms with E-state index in [1.807, 2.05) is 39.0 Å². The van der Waals surface area contributed by atoms with Crippen molar-refractivity contribution in [1.82, 2.24) is 0 Å². The van der Waals surface area contributed by atoms with Gasteiger partial charge >= 0.3 is 0 Å². The zero-order chi connectivity index (χ0) is 13.2. The second-order valence-electron chi connectivity index (χ2n) is 4.17. The van der Waals surface area contributed by atoms with Crippen molar-refractivity contribution in [1.29, 1.82) is 0 Å². The smallest absolute Gasteiger partial charge is 0.289 e. The zero-order valence-electron chi connectivity index (χ0n) is 11.1. The first-order valence-electron chi connectivity index (χ1n) is 6.43. The van der Waals surface area contributed by atoms with E-state index in [4.69, 9.17) is 9.47 Å². The summed E-state index contributed by atoms with van der Waals surface area (Å²) >= 11 is 0. The molecule has 1 aromatic carbocycles. The van der Waals surface area contributed by atoms with Crippen molar-refractivity contribution >= 4 is 11.6 Å². The van der Waals surface area contributed by atoms with Crippen LogP contribution in [0.2, 0.25) is 0 Å². The first-order chi connectivity index (χ1) is 8.72. The maximum absolute atomic E-state index is 12.0. The van der Waals surface area contributed by atoms with E-state index in [9.17, 15) is 4.79 Å². The number of rotatable bonds is 0. The monoisotopic (exact) mass is 249 g/mol. The molecule has 2 aliphatic rings. The lowest BCUT2D eigenvalue weighted by Gasteiger charge is -2.31. The van der Waals surface area contributed by atoms with Crippen LogP contribution < -0.4 is 5.32 Å². The van der Waals surface area contributed by atoms with E-state index in [1.165, 1.54) is 0 Å². The third-order valence-electron chi connectivity index (χ3n) is 2.98. The van der Waals surface area contributed by atoms with E-state index in [1.54, 1.807) is 0 Å². The van der Waals surface area contributed by atoms with E-state index in [-0.39, 0.29) is 5.91 Å². The third-order valence-corrected chi connectivity index (χ3v) is 2.98. The van der Waals surface area contributed by atoms with Crippen LogP contribution in [-0.4, -0.2) is 19.1 Å². The molecule has 1 spiro atoms. The summed E-state index contributed by atoms with van der Waals surface area (Å²) < 4.78 is 11.2. The van der Waals surface area contributed by atoms with Crippen molar-refractivity contribution in [3.8, 4) is 0 Å². The number of fused-ring (bicyclic) bond motifs is 2. The molecule has 1 aromatic rings. The van der Waals surface area contributed by atoms with E-state index in [2.05, 4.69) is 5.32 Å². The number of nitrogens with one attached hydrogen (secondary N) is 1. The predicted molar refractivity (Wildman–Crippen MR) is 69.4 cm³/mol. The number of ether oxygens (including phenoxy) is 2. The van der Waals surface area contributed by atoms with E-state index < -0.39 is 5.79 Å². The third kappa shape index (κ3) is 1.91. The largest absolute Gasteiger partial charge is 0.338 e. The SMILES string of the molecule is CC.Cc1ccc2c(c1)C1(OCCCO1)C(=O)N2. The van der Waals surface area contributed by atoms with Crippen LogP contribution in [0.4, 0.5) is 5.69 Å². The minimum Gasteiger partial charge on any atom is -0.338 e. The molecule has 4 heteroatoms. The van der Waals surface area contributed by atoms with Crippen molar-refractivity contribution < 1.29 is 14.3 Å². The molecule has 1 N–H and O–H groups in total. The molecule has 4 nitrogen and oxygen atoms in total. The fraction of sp³-hybridized carbons (Fsp3) is 0.500. The molecule has 0 aromatic heterocycles. The fourth-order valence-corrected chi connectivity index (χ4v) is 2.19. The van der Waals surface area contributed by atoms with Gasteiger partial charge in [-0.1, -0.05) is 25.5 Å². The predicted octanol–water partition coefficient (Wildman–Crippen LogP) is 2.56. The summed E-state index contributed by atoms with van der Waals surface area (Å²) in [6.07, 6.45) is 0.830. The Morgan fingerprint density at radius 1 is 1.22 bits per heavy atom. The molecule has 3 rings (SSSR count). The minimum atomic E-state index is -1.19. The quantitative estimate of drug-likeness (QED) is 0.768. The number of aryl methyl sites for hydroxylation is 1. The van der Waals surface area contributed by atoms with Crippen LogP contribution in [0, 0.1) is 6.92 Å². The molecule has 18 heavy (non-hydrogen) atoms. The van der Waals surface area contributed by atoms with Gasteiger partial charge in [-0.15, -0.1) is 0 Å². The van der Waals surface area contributed by atoms with Gasteiger partial charge in [0.05, 0.1) is 18.9 Å². The highest BCUT2D eigenvalue weighted by atomic mass is 16.7. The second-order valence-corrected chi connectivity index (χ2v) is 4.17. The number of amides is 1. The fourth-order valence-electron chi connectivity index (χ4n) is 2.19. The van der Waals surface area contributed by atoms with Crippen LogP contribution in [0.15, 0.2) is 18.2 Å². The summed E-state index contributed by atoms with van der Waals surface area (Å²) in [6, 6.07) is 5.79. The van der Waals surface area contributed by atoms with Crippen LogP contribution in [0.5, 0.6) is 0 Å². The lowest BCUT2D eigenvalue weighted by molar-refractivity contribution is -0.255. The van der Waals surface area contributed by atoms with Gasteiger partial charge in [0.1, 0.15) is 0 Å². The van der Waals surface area contributed by atoms with Gasteiger partial charge in [-0.2, -0.15) is 0 Å². The Bertz CT molecular complexity index is 450. The normalized spacial score (nSPS) is 19.8. The molecular weight excluding hydrogens is 230 g/mol. The number of benzene rings is 1. The Morgan fingerprint density at radius 2 is 1.89 bits per heavy atom. The first-order valence-corrected chi connectivity index (χ1v) is 6.43. The van der Waals surface area contributed by atoms with Gasteiger partial charge in [0.15, 0.2) is 0 Å². The van der Waals surface area contributed by atoms with Gasteiger partial charge in [0.2, 0.25) is 0 Å². The highest BCUT2D eigenvalue weighted by Crippen LogP contribution is 2.41. The molecule has 1 amide bonds. The minimum absolute atomic E-state index is 0.215. The average Bonchev–Trinajstić information content (AvgIpc) is 2.67. The maximum atomic E-state index is 12.0. The Hall–Kier alpha value is -1.39. The Kier molecular flexibility index (Phi) is 3.68. The van der Waals surface area contributed by atoms with Crippen LogP contribution in [0.1, 0.15) is 31.4 Å². The number of carbonyl (C=O) groups is 1. The molecular formula is C14H19NO3. The van der Waals surface area contributed by atoms with Crippen molar-refractivity contribution in [3.63, 3.8) is 0 Å². The molecule has 0 bridgehead atoms. The second kappa shape index (κ2) is 5.08. The number of hydrogen-bond acceptors (Lipinski definition) is 3. The van der Waals surface area contributed by atoms with E-state index >= 15 is 0 Å². The van der Waals surface area contributed by atoms with Gasteiger partial charge < -0.3 is 14.8 Å². The molecule has 0 radical (unpaired) electrons. The summed E-state index contributed by atoms with van der Waals surface area (Å²) in [5.74, 6) is -1.41. The van der Waals surface area contributed by atoms with Gasteiger partial charge in [0.25, 0.3) is 11.7 Å². The van der Waals surface area contributed by atoms with Gasteiger partial charge in [-0.3, -0.25) is 4.79 Å². The summed E-state index contributed by atoms with van der Waals surface area (Å²) in [4.78, 5) is 12.0. The Balaban J connectivity index is 0.000000574. The molecule has 1 saturated heterocycles. The summed E-state index contributed by atoms with van der Waals surface area (Å²) in [5, 5.41) is 2.80. The standard InChI is InChI=1S/C12H13NO3.C2H6/c1-8-3-4-10-9(7-8)12(11(14)13-10)15-5-2-6-16-12;1-2/h3-4,7H,2,5-6H2,1H3,(H,13,14);1-2H3. The first kappa shape index (κ1) is 13.1. The van der Waals surface area contributed by atoms with Gasteiger partial charge in [-0.25, -0.2) is 0 Å². The van der Waals surface area contributed by atoms with Crippen molar-refractivity contribution in [3.05, 3.63) is 29.3 Å². The molecule has 0 unspecified atom stereocenters. The highest BCUT2D eigenvalue weighted by Gasteiger charge is 2.50. The van der Waals surface area contributed by atoms with Crippen molar-refractivity contribution in [2.75, 3.05) is 18.5 Å². The van der Waals surface area contributed by atoms with Crippen LogP contribution in [0.3, 0.4) is 0 Å². The zero-order valence-corrected chi connectivity index (χ0v) is 11.1. The molecule has 2 aliphatic heterocycles. The summed E-state index contributed by atoms with van der Waals surface area (Å²) in [7, 11) is 0. The summed E-state index contributed by atoms with van der Waals surface area (Å²) in [5.41, 5.74) is 2.68. The van der Waals surface area contributed by atoms with Crippen LogP contribution in [-0.2, 0) is 20.1 Å². The van der Waals surface area contributed by atoms with Crippen LogP contribution >= 0.6 is 0 Å². The topological polar surface area (TPSA) is 47.6 Å². The summed E-state index contributed by atoms with van der Waals surface area (Å²) in [6.45, 7) is 7.10. The maximum Gasteiger partial charge on any atom is 0.289 e. The highest BCUT2D eigenvalue weighted by molar-refractivity contribution is 6.04. The molecule has 0 aliphatic carbocycles. The van der Waals surface area contributed by atoms with E-state index in [0.717, 1.165) is 23.2 Å². The van der Waals surface area contributed by atoms with Gasteiger partial charge in [-0.05, 0) is 25.5 Å². The lowest BCUT2D eigenvalue weighted by Crippen LogP contribution is -2.43. The van der Waals surface area contributed by atoms with Crippen molar-refractivity contribution in [2.45, 2.75) is 33.0 Å².